The van der Waals surface area contributed by atoms with Crippen LogP contribution in [0.4, 0.5) is 0 Å². The number of nitrogens with zero attached hydrogens (tertiary/aromatic N) is 14. The van der Waals surface area contributed by atoms with Crippen LogP contribution in [0.2, 0.25) is 26.4 Å². The summed E-state index contributed by atoms with van der Waals surface area (Å²) in [6.07, 6.45) is 0. The second-order valence-electron chi connectivity index (χ2n) is 34.8. The lowest BCUT2D eigenvalue weighted by Crippen LogP contribution is -2.01. The Kier molecular flexibility index (Phi) is 22.9. The quantitative estimate of drug-likeness (QED) is 0.126. The van der Waals surface area contributed by atoms with Gasteiger partial charge in [0.1, 0.15) is 11.2 Å². The van der Waals surface area contributed by atoms with Crippen molar-refractivity contribution in [1.82, 2.24) is 68.1 Å². The monoisotopic (exact) mass is 1950 g/mol. The van der Waals surface area contributed by atoms with Gasteiger partial charge in [-0.3, -0.25) is 18.3 Å². The fourth-order valence-electron chi connectivity index (χ4n) is 20.0. The van der Waals surface area contributed by atoms with E-state index in [1.54, 1.807) is 0 Å². The largest absolute Gasteiger partial charge is 0.456 e. The zero-order valence-electron chi connectivity index (χ0n) is 76.4. The third kappa shape index (κ3) is 16.2. The Bertz CT molecular complexity index is 9940. The minimum Gasteiger partial charge on any atom is -0.456 e. The van der Waals surface area contributed by atoms with Gasteiger partial charge in [-0.15, -0.1) is 0 Å². The maximum atomic E-state index is 6.42. The maximum Gasteiger partial charge on any atom is 0.224 e. The molecule has 15 nitrogen and oxygen atoms in total. The van der Waals surface area contributed by atoms with E-state index in [4.69, 9.17) is 67.4 Å². The van der Waals surface area contributed by atoms with Gasteiger partial charge in [0.25, 0.3) is 0 Å². The molecule has 0 atom stereocenters. The number of para-hydroxylation sites is 10. The van der Waals surface area contributed by atoms with Crippen molar-refractivity contribution >= 4 is 222 Å². The molecule has 0 radical (unpaired) electrons. The molecule has 29 aromatic rings. The molecule has 144 heavy (non-hydrogen) atoms. The van der Waals surface area contributed by atoms with Crippen molar-refractivity contribution in [3.8, 4) is 79.0 Å². The minimum atomic E-state index is 0.237. The molecule has 0 aliphatic heterocycles. The highest BCUT2D eigenvalue weighted by molar-refractivity contribution is 6.31. The van der Waals surface area contributed by atoms with Gasteiger partial charge in [-0.2, -0.15) is 19.9 Å². The Balaban J connectivity index is 0.0000000950. The number of fused-ring (bicyclic) bond motifs is 20. The summed E-state index contributed by atoms with van der Waals surface area (Å²) in [6, 6.07) is 156. The van der Waals surface area contributed by atoms with Crippen molar-refractivity contribution in [2.24, 2.45) is 0 Å². The second-order valence-corrected chi connectivity index (χ2v) is 36.5. The van der Waals surface area contributed by atoms with Gasteiger partial charge in [0.05, 0.1) is 77.4 Å². The van der Waals surface area contributed by atoms with E-state index in [1.807, 2.05) is 182 Å². The number of hydrogen-bond acceptors (Lipinski definition) is 11. The zero-order chi connectivity index (χ0) is 96.4. The van der Waals surface area contributed by atoms with E-state index in [-0.39, 0.29) is 26.4 Å². The molecular weight excluding hydrogens is 1880 g/mol. The standard InChI is InChI=1S/C32H20ClN3.2C26H16ClN3.C20H12ClN3.C20H11ClN2O/c33-32-34-28-14-8-7-13-25(28)31(35-32)36-29-17-15-23(21-9-3-1-4-10-21)19-26(29)27-20-24(16-18-30(27)36)22-11-5-2-6-12-22;27-26-28-22-12-6-4-11-21(22)25(29-26)30-23-13-7-5-10-19(23)20-15-14-18(16-24(20)30)17-8-2-1-3-9-17;27-26-28-22-12-6-4-11-20(22)25(29-26)30-23-13-7-5-10-19(23)21-16-18(14-15-24(21)30)17-8-2-1-3-9-17;21-20-22-16-10-4-1-9-15(16)19(23-20)24-17-11-5-2-7-13(17)14-8-3-6-12-18(14)24;21-20-22-16-7-3-1-6-14(16)19(23-20)12-9-10-18-15(11-12)13-5-2-4-8-17(13)24-18/h1-20H;2*1-16H;1-12H;1-11H. The molecule has 29 rings (SSSR count). The Morgan fingerprint density at radius 1 is 0.146 bits per heavy atom. The van der Waals surface area contributed by atoms with Gasteiger partial charge in [-0.05, 0) is 248 Å². The summed E-state index contributed by atoms with van der Waals surface area (Å²) in [5.41, 5.74) is 26.0. The van der Waals surface area contributed by atoms with Crippen molar-refractivity contribution in [2.75, 3.05) is 0 Å². The SMILES string of the molecule is Clc1nc(-c2ccc3oc4ccccc4c3c2)c2ccccc2n1.Clc1nc(-n2c3ccc(-c4ccccc4)cc3c3cc(-c4ccccc4)ccc32)c2ccccc2n1.Clc1nc(-n2c3ccccc3c3cc(-c4ccccc4)ccc32)c2ccccc2n1.Clc1nc(-n2c3ccccc3c3ccc(-c4ccccc4)cc32)c2ccccc2n1.Clc1nc(-n2c3ccccc3c3ccccc32)c2ccccc2n1. The van der Waals surface area contributed by atoms with E-state index < -0.39 is 0 Å². The molecule has 0 amide bonds. The molecule has 0 saturated carbocycles. The molecule has 0 unspecified atom stereocenters. The average Bonchev–Trinajstić information content (AvgIpc) is 1.55. The third-order valence-corrected chi connectivity index (χ3v) is 27.3. The van der Waals surface area contributed by atoms with Crippen LogP contribution >= 0.6 is 58.0 Å². The Hall–Kier alpha value is -17.7. The third-order valence-electron chi connectivity index (χ3n) is 26.4. The van der Waals surface area contributed by atoms with Crippen LogP contribution in [0, 0.1) is 0 Å². The first-order valence-corrected chi connectivity index (χ1v) is 48.8. The van der Waals surface area contributed by atoms with Crippen LogP contribution < -0.4 is 0 Å². The van der Waals surface area contributed by atoms with Crippen molar-refractivity contribution in [2.45, 2.75) is 0 Å². The summed E-state index contributed by atoms with van der Waals surface area (Å²) in [5, 5.41) is 17.7. The van der Waals surface area contributed by atoms with Gasteiger partial charge in [0, 0.05) is 86.4 Å². The highest BCUT2D eigenvalue weighted by Crippen LogP contribution is 2.44. The number of rotatable bonds is 9. The normalized spacial score (nSPS) is 11.5. The lowest BCUT2D eigenvalue weighted by Gasteiger charge is -2.11. The predicted octanol–water partition coefficient (Wildman–Crippen LogP) is 34.0. The fourth-order valence-corrected chi connectivity index (χ4v) is 20.9. The van der Waals surface area contributed by atoms with E-state index in [9.17, 15) is 0 Å². The summed E-state index contributed by atoms with van der Waals surface area (Å²) in [4.78, 5) is 45.0. The van der Waals surface area contributed by atoms with Crippen molar-refractivity contribution < 1.29 is 4.42 Å². The summed E-state index contributed by atoms with van der Waals surface area (Å²) in [6.45, 7) is 0. The van der Waals surface area contributed by atoms with Crippen molar-refractivity contribution in [3.63, 3.8) is 0 Å². The molecule has 19 aromatic carbocycles. The van der Waals surface area contributed by atoms with Crippen LogP contribution in [0.15, 0.2) is 459 Å². The first kappa shape index (κ1) is 87.8. The van der Waals surface area contributed by atoms with E-state index in [2.05, 4.69) is 336 Å². The fraction of sp³-hybridized carbons (Fsp3) is 0. The van der Waals surface area contributed by atoms with Gasteiger partial charge in [0.15, 0.2) is 23.3 Å². The summed E-state index contributed by atoms with van der Waals surface area (Å²) >= 11 is 31.4. The first-order chi connectivity index (χ1) is 71.0. The van der Waals surface area contributed by atoms with Crippen LogP contribution in [-0.2, 0) is 0 Å². The highest BCUT2D eigenvalue weighted by atomic mass is 35.5. The molecular formula is C124H75Cl5N14O. The minimum absolute atomic E-state index is 0.237. The van der Waals surface area contributed by atoms with Crippen molar-refractivity contribution in [1.29, 1.82) is 0 Å². The van der Waals surface area contributed by atoms with Gasteiger partial charge in [-0.25, -0.2) is 29.9 Å². The molecule has 0 aliphatic carbocycles. The summed E-state index contributed by atoms with van der Waals surface area (Å²) in [5.74, 6) is 3.18. The maximum absolute atomic E-state index is 6.42. The van der Waals surface area contributed by atoms with Gasteiger partial charge >= 0.3 is 0 Å². The highest BCUT2D eigenvalue weighted by Gasteiger charge is 2.25. The topological polar surface area (TPSA) is 162 Å². The summed E-state index contributed by atoms with van der Waals surface area (Å²) < 4.78 is 14.7. The van der Waals surface area contributed by atoms with E-state index >= 15 is 0 Å². The van der Waals surface area contributed by atoms with Gasteiger partial charge < -0.3 is 4.42 Å². The molecule has 10 aromatic heterocycles. The van der Waals surface area contributed by atoms with Crippen LogP contribution in [0.3, 0.4) is 0 Å². The summed E-state index contributed by atoms with van der Waals surface area (Å²) in [7, 11) is 0. The average molecular weight is 1950 g/mol. The molecule has 0 bridgehead atoms. The molecule has 0 fully saturated rings. The lowest BCUT2D eigenvalue weighted by molar-refractivity contribution is 0.669. The molecule has 0 spiro atoms. The van der Waals surface area contributed by atoms with Crippen LogP contribution in [0.1, 0.15) is 0 Å². The Labute approximate surface area is 848 Å². The lowest BCUT2D eigenvalue weighted by atomic mass is 10.0. The Morgan fingerprint density at radius 3 is 0.750 bits per heavy atom. The number of benzene rings is 19. The number of halogens is 5. The molecule has 0 aliphatic rings. The number of aromatic nitrogens is 14. The van der Waals surface area contributed by atoms with Crippen molar-refractivity contribution in [3.05, 3.63) is 481 Å². The molecule has 0 N–H and O–H groups in total. The Morgan fingerprint density at radius 2 is 0.382 bits per heavy atom. The molecule has 682 valence electrons. The number of hydrogen-bond donors (Lipinski definition) is 0. The van der Waals surface area contributed by atoms with E-state index in [1.165, 1.54) is 82.0 Å². The van der Waals surface area contributed by atoms with Crippen LogP contribution in [-0.4, -0.2) is 68.1 Å². The first-order valence-electron chi connectivity index (χ1n) is 46.9. The predicted molar refractivity (Wildman–Crippen MR) is 595 cm³/mol. The van der Waals surface area contributed by atoms with E-state index in [0.717, 1.165) is 161 Å². The molecule has 10 heterocycles. The van der Waals surface area contributed by atoms with Gasteiger partial charge in [0.2, 0.25) is 26.4 Å². The molecule has 20 heteroatoms. The smallest absolute Gasteiger partial charge is 0.224 e. The zero-order valence-corrected chi connectivity index (χ0v) is 80.1. The van der Waals surface area contributed by atoms with Gasteiger partial charge in [-0.1, -0.05) is 309 Å². The second kappa shape index (κ2) is 37.5. The van der Waals surface area contributed by atoms with Crippen LogP contribution in [0.5, 0.6) is 0 Å². The van der Waals surface area contributed by atoms with E-state index in [0.29, 0.717) is 0 Å². The molecule has 0 saturated heterocycles. The van der Waals surface area contributed by atoms with Crippen LogP contribution in [0.25, 0.3) is 243 Å². The number of furan rings is 1.